The Kier molecular flexibility index (Phi) is 4.89. The number of likely N-dealkylation sites (N-methyl/N-ethyl adjacent to an activating group) is 1. The zero-order valence-electron chi connectivity index (χ0n) is 18.5. The minimum absolute atomic E-state index is 0.0208. The largest absolute Gasteiger partial charge is 0.304 e. The van der Waals surface area contributed by atoms with Crippen LogP contribution in [-0.2, 0) is 17.8 Å². The van der Waals surface area contributed by atoms with E-state index in [0.717, 1.165) is 60.6 Å². The van der Waals surface area contributed by atoms with E-state index in [0.29, 0.717) is 11.5 Å². The van der Waals surface area contributed by atoms with Crippen molar-refractivity contribution in [3.8, 4) is 11.3 Å². The number of benzene rings is 2. The zero-order chi connectivity index (χ0) is 22.4. The van der Waals surface area contributed by atoms with Gasteiger partial charge in [-0.2, -0.15) is 5.10 Å². The summed E-state index contributed by atoms with van der Waals surface area (Å²) in [5.74, 6) is 0.592. The molecule has 8 nitrogen and oxygen atoms in total. The van der Waals surface area contributed by atoms with Crippen LogP contribution in [0.3, 0.4) is 0 Å². The van der Waals surface area contributed by atoms with Gasteiger partial charge in [0.25, 0.3) is 0 Å². The van der Waals surface area contributed by atoms with Gasteiger partial charge >= 0.3 is 0 Å². The predicted molar refractivity (Wildman–Crippen MR) is 127 cm³/mol. The maximum Gasteiger partial charge on any atom is 0.238 e. The van der Waals surface area contributed by atoms with Crippen LogP contribution >= 0.6 is 0 Å². The Hall–Kier alpha value is -3.62. The van der Waals surface area contributed by atoms with Crippen molar-refractivity contribution in [3.05, 3.63) is 66.1 Å². The molecule has 166 valence electrons. The number of aromatic nitrogens is 4. The minimum Gasteiger partial charge on any atom is -0.304 e. The van der Waals surface area contributed by atoms with Gasteiger partial charge in [-0.05, 0) is 30.8 Å². The third-order valence-corrected chi connectivity index (χ3v) is 6.54. The van der Waals surface area contributed by atoms with Crippen molar-refractivity contribution < 1.29 is 4.79 Å². The van der Waals surface area contributed by atoms with Gasteiger partial charge in [-0.1, -0.05) is 24.3 Å². The van der Waals surface area contributed by atoms with Crippen LogP contribution in [0.5, 0.6) is 0 Å². The molecule has 0 bridgehead atoms. The molecule has 4 heterocycles. The Bertz CT molecular complexity index is 1320. The number of nitrogens with one attached hydrogen (secondary N) is 1. The van der Waals surface area contributed by atoms with Crippen LogP contribution in [0.4, 0.5) is 11.5 Å². The van der Waals surface area contributed by atoms with E-state index in [1.165, 1.54) is 5.56 Å². The van der Waals surface area contributed by atoms with Gasteiger partial charge < -0.3 is 4.90 Å². The lowest BCUT2D eigenvalue weighted by molar-refractivity contribution is -0.116. The molecule has 4 aromatic rings. The number of rotatable bonds is 4. The summed E-state index contributed by atoms with van der Waals surface area (Å²) >= 11 is 0. The van der Waals surface area contributed by atoms with Crippen LogP contribution in [0.15, 0.2) is 54.9 Å². The van der Waals surface area contributed by atoms with E-state index in [1.807, 2.05) is 18.2 Å². The van der Waals surface area contributed by atoms with E-state index >= 15 is 0 Å². The molecule has 0 spiro atoms. The smallest absolute Gasteiger partial charge is 0.238 e. The molecular formula is C25H25N7O. The number of hydrogen-bond acceptors (Lipinski definition) is 6. The predicted octanol–water partition coefficient (Wildman–Crippen LogP) is 2.99. The van der Waals surface area contributed by atoms with Crippen molar-refractivity contribution >= 4 is 28.3 Å². The maximum absolute atomic E-state index is 12.8. The summed E-state index contributed by atoms with van der Waals surface area (Å²) in [5, 5.41) is 7.97. The first-order valence-corrected chi connectivity index (χ1v) is 11.3. The molecule has 1 fully saturated rings. The van der Waals surface area contributed by atoms with Gasteiger partial charge in [0.15, 0.2) is 5.82 Å². The van der Waals surface area contributed by atoms with Crippen molar-refractivity contribution in [3.63, 3.8) is 0 Å². The van der Waals surface area contributed by atoms with Gasteiger partial charge in [-0.3, -0.25) is 24.7 Å². The van der Waals surface area contributed by atoms with Crippen molar-refractivity contribution in [1.82, 2.24) is 30.0 Å². The summed E-state index contributed by atoms with van der Waals surface area (Å²) in [6, 6.07) is 14.3. The van der Waals surface area contributed by atoms with Crippen molar-refractivity contribution in [2.24, 2.45) is 0 Å². The Morgan fingerprint density at radius 2 is 1.82 bits per heavy atom. The quantitative estimate of drug-likeness (QED) is 0.527. The summed E-state index contributed by atoms with van der Waals surface area (Å²) in [4.78, 5) is 28.8. The molecule has 2 aromatic heterocycles. The molecule has 0 radical (unpaired) electrons. The van der Waals surface area contributed by atoms with Gasteiger partial charge in [-0.25, -0.2) is 4.98 Å². The summed E-state index contributed by atoms with van der Waals surface area (Å²) in [6.07, 6.45) is 3.78. The van der Waals surface area contributed by atoms with Crippen molar-refractivity contribution in [2.45, 2.75) is 13.0 Å². The van der Waals surface area contributed by atoms with Gasteiger partial charge in [0.2, 0.25) is 5.91 Å². The zero-order valence-corrected chi connectivity index (χ0v) is 18.5. The van der Waals surface area contributed by atoms with E-state index in [-0.39, 0.29) is 12.3 Å². The highest BCUT2D eigenvalue weighted by molar-refractivity contribution is 6.07. The van der Waals surface area contributed by atoms with Crippen LogP contribution in [0, 0.1) is 0 Å². The van der Waals surface area contributed by atoms with Gasteiger partial charge in [0.05, 0.1) is 41.4 Å². The first kappa shape index (κ1) is 20.0. The van der Waals surface area contributed by atoms with E-state index in [2.05, 4.69) is 56.3 Å². The lowest BCUT2D eigenvalue weighted by Gasteiger charge is -2.32. The Balaban J connectivity index is 1.26. The number of fused-ring (bicyclic) bond motifs is 2. The fourth-order valence-electron chi connectivity index (χ4n) is 4.57. The number of H-pyrrole nitrogens is 1. The average molecular weight is 440 g/mol. The standard InChI is InChI=1S/C25H25N7O/c1-30-8-10-31(11-9-30)16-17-2-4-18(5-3-17)23-15-26-22-13-24(33)32(25(22)28-23)20-6-7-21-19(12-20)14-27-29-21/h2-7,12,14-15H,8-11,13,16H2,1H3,(H,27,29). The number of aromatic amines is 1. The second-order valence-electron chi connectivity index (χ2n) is 8.85. The lowest BCUT2D eigenvalue weighted by atomic mass is 10.1. The van der Waals surface area contributed by atoms with Crippen LogP contribution < -0.4 is 4.90 Å². The minimum atomic E-state index is -0.0208. The molecule has 2 aliphatic rings. The number of hydrogen-bond donors (Lipinski definition) is 1. The van der Waals surface area contributed by atoms with Gasteiger partial charge in [-0.15, -0.1) is 0 Å². The topological polar surface area (TPSA) is 81.2 Å². The van der Waals surface area contributed by atoms with E-state index in [1.54, 1.807) is 17.3 Å². The first-order chi connectivity index (χ1) is 16.1. The summed E-state index contributed by atoms with van der Waals surface area (Å²) in [7, 11) is 2.17. The first-order valence-electron chi connectivity index (χ1n) is 11.3. The molecule has 0 atom stereocenters. The van der Waals surface area contributed by atoms with Crippen LogP contribution in [0.1, 0.15) is 11.3 Å². The lowest BCUT2D eigenvalue weighted by Crippen LogP contribution is -2.43. The van der Waals surface area contributed by atoms with Crippen molar-refractivity contribution in [2.75, 3.05) is 38.1 Å². The van der Waals surface area contributed by atoms with E-state index in [4.69, 9.17) is 4.98 Å². The molecule has 0 saturated carbocycles. The van der Waals surface area contributed by atoms with Gasteiger partial charge in [0, 0.05) is 43.7 Å². The number of nitrogens with zero attached hydrogens (tertiary/aromatic N) is 6. The second-order valence-corrected chi connectivity index (χ2v) is 8.85. The fraction of sp³-hybridized carbons (Fsp3) is 0.280. The highest BCUT2D eigenvalue weighted by Gasteiger charge is 2.32. The summed E-state index contributed by atoms with van der Waals surface area (Å²) in [6.45, 7) is 5.39. The molecule has 33 heavy (non-hydrogen) atoms. The Morgan fingerprint density at radius 3 is 2.64 bits per heavy atom. The fourth-order valence-corrected chi connectivity index (χ4v) is 4.57. The summed E-state index contributed by atoms with van der Waals surface area (Å²) in [5.41, 5.74) is 5.48. The number of anilines is 2. The summed E-state index contributed by atoms with van der Waals surface area (Å²) < 4.78 is 0. The molecule has 1 saturated heterocycles. The normalized spacial score (nSPS) is 17.1. The highest BCUT2D eigenvalue weighted by atomic mass is 16.2. The van der Waals surface area contributed by atoms with Crippen LogP contribution in [-0.4, -0.2) is 69.1 Å². The molecule has 0 unspecified atom stereocenters. The van der Waals surface area contributed by atoms with Crippen molar-refractivity contribution in [1.29, 1.82) is 0 Å². The molecular weight excluding hydrogens is 414 g/mol. The highest BCUT2D eigenvalue weighted by Crippen LogP contribution is 2.35. The molecule has 8 heteroatoms. The van der Waals surface area contributed by atoms with E-state index in [9.17, 15) is 4.79 Å². The maximum atomic E-state index is 12.8. The molecule has 2 aromatic carbocycles. The number of piperazine rings is 1. The molecule has 1 amide bonds. The number of carbonyl (C=O) groups is 1. The molecule has 0 aliphatic carbocycles. The molecule has 1 N–H and O–H groups in total. The van der Waals surface area contributed by atoms with Gasteiger partial charge in [0.1, 0.15) is 0 Å². The third kappa shape index (κ3) is 3.77. The van der Waals surface area contributed by atoms with Crippen LogP contribution in [0.2, 0.25) is 0 Å². The Morgan fingerprint density at radius 1 is 1.00 bits per heavy atom. The van der Waals surface area contributed by atoms with Crippen LogP contribution in [0.25, 0.3) is 22.2 Å². The van der Waals surface area contributed by atoms with E-state index < -0.39 is 0 Å². The molecule has 2 aliphatic heterocycles. The number of carbonyl (C=O) groups excluding carboxylic acids is 1. The monoisotopic (exact) mass is 439 g/mol. The molecule has 6 rings (SSSR count). The number of amides is 1. The Labute approximate surface area is 191 Å². The second kappa shape index (κ2) is 8.06. The SMILES string of the molecule is CN1CCN(Cc2ccc(-c3cnc4c(n3)N(c3ccc5[nH]ncc5c3)C(=O)C4)cc2)CC1. The third-order valence-electron chi connectivity index (χ3n) is 6.54. The average Bonchev–Trinajstić information content (AvgIpc) is 3.43.